The summed E-state index contributed by atoms with van der Waals surface area (Å²) < 4.78 is 0. The van der Waals surface area contributed by atoms with Crippen LogP contribution in [0.15, 0.2) is 11.4 Å². The number of nitrogens with two attached hydrogens (primary N) is 1. The Kier molecular flexibility index (Phi) is 3.54. The van der Waals surface area contributed by atoms with Gasteiger partial charge in [-0.25, -0.2) is 0 Å². The van der Waals surface area contributed by atoms with Crippen molar-refractivity contribution in [3.8, 4) is 0 Å². The normalized spacial score (nSPS) is 26.2. The van der Waals surface area contributed by atoms with Crippen LogP contribution >= 0.6 is 23.1 Å². The van der Waals surface area contributed by atoms with Crippen LogP contribution in [0, 0.1) is 0 Å². The van der Waals surface area contributed by atoms with E-state index in [-0.39, 0.29) is 17.1 Å². The highest BCUT2D eigenvalue weighted by molar-refractivity contribution is 8.00. The van der Waals surface area contributed by atoms with Crippen LogP contribution in [0.4, 0.5) is 0 Å². The van der Waals surface area contributed by atoms with Crippen LogP contribution in [0.3, 0.4) is 0 Å². The molecule has 1 aromatic heterocycles. The molecule has 0 spiro atoms. The number of carbonyl (C=O) groups is 2. The number of carbonyl (C=O) groups excluding carboxylic acids is 2. The van der Waals surface area contributed by atoms with Crippen molar-refractivity contribution < 1.29 is 9.59 Å². The van der Waals surface area contributed by atoms with Gasteiger partial charge in [0.25, 0.3) is 0 Å². The van der Waals surface area contributed by atoms with Gasteiger partial charge in [-0.05, 0) is 42.0 Å². The van der Waals surface area contributed by atoms with Gasteiger partial charge in [-0.1, -0.05) is 0 Å². The Morgan fingerprint density at radius 1 is 1.42 bits per heavy atom. The van der Waals surface area contributed by atoms with E-state index in [9.17, 15) is 9.59 Å². The second-order valence-corrected chi connectivity index (χ2v) is 7.11. The highest BCUT2D eigenvalue weighted by atomic mass is 32.2. The molecule has 0 aromatic carbocycles. The summed E-state index contributed by atoms with van der Waals surface area (Å²) in [7, 11) is 0. The molecule has 2 aliphatic heterocycles. The predicted octanol–water partition coefficient (Wildman–Crippen LogP) is 1.55. The molecule has 2 N–H and O–H groups in total. The van der Waals surface area contributed by atoms with Gasteiger partial charge in [0.2, 0.25) is 11.8 Å². The number of nitrogens with zero attached hydrogens (tertiary/aromatic N) is 1. The lowest BCUT2D eigenvalue weighted by Gasteiger charge is -2.29. The first kappa shape index (κ1) is 13.0. The van der Waals surface area contributed by atoms with Crippen LogP contribution in [0.25, 0.3) is 0 Å². The maximum Gasteiger partial charge on any atom is 0.240 e. The van der Waals surface area contributed by atoms with Crippen molar-refractivity contribution in [1.29, 1.82) is 0 Å². The summed E-state index contributed by atoms with van der Waals surface area (Å²) in [5.41, 5.74) is 6.53. The van der Waals surface area contributed by atoms with Crippen molar-refractivity contribution in [3.05, 3.63) is 21.9 Å². The van der Waals surface area contributed by atoms with Gasteiger partial charge < -0.3 is 10.6 Å². The van der Waals surface area contributed by atoms with Crippen LogP contribution in [0.2, 0.25) is 0 Å². The molecule has 0 radical (unpaired) electrons. The molecular weight excluding hydrogens is 280 g/mol. The largest absolute Gasteiger partial charge is 0.368 e. The van der Waals surface area contributed by atoms with E-state index in [1.165, 1.54) is 4.88 Å². The summed E-state index contributed by atoms with van der Waals surface area (Å²) in [6, 6.07) is 1.64. The van der Waals surface area contributed by atoms with Crippen LogP contribution in [-0.2, 0) is 16.0 Å². The zero-order chi connectivity index (χ0) is 13.4. The minimum Gasteiger partial charge on any atom is -0.368 e. The van der Waals surface area contributed by atoms with E-state index in [1.807, 2.05) is 11.4 Å². The number of thioether (sulfide) groups is 1. The molecule has 4 nitrogen and oxygen atoms in total. The first-order valence-corrected chi connectivity index (χ1v) is 8.39. The van der Waals surface area contributed by atoms with Crippen molar-refractivity contribution in [2.45, 2.75) is 30.6 Å². The van der Waals surface area contributed by atoms with Gasteiger partial charge in [0.05, 0.1) is 0 Å². The molecule has 1 saturated heterocycles. The highest BCUT2D eigenvalue weighted by Crippen LogP contribution is 2.41. The topological polar surface area (TPSA) is 63.4 Å². The zero-order valence-corrected chi connectivity index (χ0v) is 12.1. The number of rotatable bonds is 2. The van der Waals surface area contributed by atoms with Gasteiger partial charge in [-0.3, -0.25) is 9.59 Å². The number of amides is 2. The SMILES string of the molecule is NC(=O)C1CCCN1C(=O)C1SCCc2sccc21. The molecule has 6 heteroatoms. The summed E-state index contributed by atoms with van der Waals surface area (Å²) in [6.45, 7) is 0.656. The number of likely N-dealkylation sites (tertiary alicyclic amines) is 1. The second-order valence-electron chi connectivity index (χ2n) is 4.89. The minimum absolute atomic E-state index is 0.0608. The number of fused-ring (bicyclic) bond motifs is 1. The van der Waals surface area contributed by atoms with Crippen LogP contribution < -0.4 is 5.73 Å². The Bertz CT molecular complexity index is 514. The van der Waals surface area contributed by atoms with Crippen molar-refractivity contribution in [3.63, 3.8) is 0 Å². The molecule has 3 heterocycles. The molecule has 0 bridgehead atoms. The smallest absolute Gasteiger partial charge is 0.240 e. The number of thiophene rings is 1. The van der Waals surface area contributed by atoms with Gasteiger partial charge in [0, 0.05) is 11.4 Å². The third kappa shape index (κ3) is 2.27. The number of primary amides is 1. The molecule has 19 heavy (non-hydrogen) atoms. The molecular formula is C13H16N2O2S2. The average molecular weight is 296 g/mol. The molecule has 102 valence electrons. The Hall–Kier alpha value is -1.01. The van der Waals surface area contributed by atoms with E-state index in [2.05, 4.69) is 0 Å². The molecule has 3 rings (SSSR count). The highest BCUT2D eigenvalue weighted by Gasteiger charge is 2.38. The molecule has 2 aliphatic rings. The Labute approximate surface area is 120 Å². The first-order chi connectivity index (χ1) is 9.18. The molecule has 1 aromatic rings. The van der Waals surface area contributed by atoms with Gasteiger partial charge in [0.1, 0.15) is 11.3 Å². The summed E-state index contributed by atoms with van der Waals surface area (Å²) in [5.74, 6) is 0.654. The quantitative estimate of drug-likeness (QED) is 0.900. The van der Waals surface area contributed by atoms with Gasteiger partial charge in [-0.15, -0.1) is 23.1 Å². The molecule has 1 fully saturated rings. The summed E-state index contributed by atoms with van der Waals surface area (Å²) >= 11 is 3.40. The Morgan fingerprint density at radius 3 is 3.05 bits per heavy atom. The van der Waals surface area contributed by atoms with E-state index < -0.39 is 6.04 Å². The van der Waals surface area contributed by atoms with Crippen LogP contribution in [0.5, 0.6) is 0 Å². The standard InChI is InChI=1S/C13H16N2O2S2/c14-12(16)9-2-1-5-15(9)13(17)11-8-3-6-18-10(8)4-7-19-11/h3,6,9,11H,1-2,4-5,7H2,(H2,14,16). The van der Waals surface area contributed by atoms with E-state index in [1.54, 1.807) is 28.0 Å². The maximum atomic E-state index is 12.7. The minimum atomic E-state index is -0.405. The van der Waals surface area contributed by atoms with Crippen molar-refractivity contribution >= 4 is 34.9 Å². The lowest BCUT2D eigenvalue weighted by Crippen LogP contribution is -2.45. The predicted molar refractivity (Wildman–Crippen MR) is 77.2 cm³/mol. The zero-order valence-electron chi connectivity index (χ0n) is 10.5. The Morgan fingerprint density at radius 2 is 2.26 bits per heavy atom. The maximum absolute atomic E-state index is 12.7. The number of aryl methyl sites for hydroxylation is 1. The van der Waals surface area contributed by atoms with E-state index in [0.29, 0.717) is 13.0 Å². The monoisotopic (exact) mass is 296 g/mol. The Balaban J connectivity index is 1.84. The number of hydrogen-bond donors (Lipinski definition) is 1. The first-order valence-electron chi connectivity index (χ1n) is 6.46. The third-order valence-electron chi connectivity index (χ3n) is 3.76. The number of hydrogen-bond acceptors (Lipinski definition) is 4. The summed E-state index contributed by atoms with van der Waals surface area (Å²) in [6.07, 6.45) is 2.61. The summed E-state index contributed by atoms with van der Waals surface area (Å²) in [5, 5.41) is 1.90. The lowest BCUT2D eigenvalue weighted by atomic mass is 10.1. The third-order valence-corrected chi connectivity index (χ3v) is 5.99. The van der Waals surface area contributed by atoms with E-state index in [4.69, 9.17) is 5.73 Å². The van der Waals surface area contributed by atoms with Crippen molar-refractivity contribution in [2.24, 2.45) is 5.73 Å². The molecule has 2 amide bonds. The second kappa shape index (κ2) is 5.17. The van der Waals surface area contributed by atoms with Crippen LogP contribution in [-0.4, -0.2) is 35.1 Å². The molecule has 2 unspecified atom stereocenters. The van der Waals surface area contributed by atoms with Crippen molar-refractivity contribution in [1.82, 2.24) is 4.90 Å². The van der Waals surface area contributed by atoms with Gasteiger partial charge in [0.15, 0.2) is 0 Å². The lowest BCUT2D eigenvalue weighted by molar-refractivity contribution is -0.136. The fraction of sp³-hybridized carbons (Fsp3) is 0.538. The van der Waals surface area contributed by atoms with Crippen molar-refractivity contribution in [2.75, 3.05) is 12.3 Å². The molecule has 2 atom stereocenters. The average Bonchev–Trinajstić information content (AvgIpc) is 3.05. The summed E-state index contributed by atoms with van der Waals surface area (Å²) in [4.78, 5) is 27.1. The van der Waals surface area contributed by atoms with E-state index in [0.717, 1.165) is 24.2 Å². The van der Waals surface area contributed by atoms with Crippen LogP contribution in [0.1, 0.15) is 28.5 Å². The van der Waals surface area contributed by atoms with E-state index >= 15 is 0 Å². The molecule has 0 aliphatic carbocycles. The van der Waals surface area contributed by atoms with Gasteiger partial charge in [-0.2, -0.15) is 0 Å². The molecule has 0 saturated carbocycles. The fourth-order valence-corrected chi connectivity index (χ4v) is 5.19. The fourth-order valence-electron chi connectivity index (χ4n) is 2.83. The van der Waals surface area contributed by atoms with Gasteiger partial charge >= 0.3 is 0 Å².